The van der Waals surface area contributed by atoms with Crippen LogP contribution in [0.5, 0.6) is 0 Å². The predicted molar refractivity (Wildman–Crippen MR) is 90.2 cm³/mol. The molecule has 3 nitrogen and oxygen atoms in total. The standard InChI is InChI=1S/C15H14ClN3S2/c1-2-17-13(10-6-4-3-5-7-10)15-19-18-14(21-15)11-8-9-12(16)20-11/h3-9,13,17H,2H2,1H3. The Morgan fingerprint density at radius 1 is 1.10 bits per heavy atom. The monoisotopic (exact) mass is 335 g/mol. The molecule has 0 fully saturated rings. The number of halogens is 1. The van der Waals surface area contributed by atoms with Gasteiger partial charge >= 0.3 is 0 Å². The summed E-state index contributed by atoms with van der Waals surface area (Å²) >= 11 is 9.13. The van der Waals surface area contributed by atoms with Crippen molar-refractivity contribution in [2.75, 3.05) is 6.54 Å². The summed E-state index contributed by atoms with van der Waals surface area (Å²) in [7, 11) is 0. The van der Waals surface area contributed by atoms with Crippen LogP contribution in [0, 0.1) is 0 Å². The molecule has 1 atom stereocenters. The number of hydrogen-bond donors (Lipinski definition) is 1. The molecule has 3 rings (SSSR count). The lowest BCUT2D eigenvalue weighted by molar-refractivity contribution is 0.621. The normalized spacial score (nSPS) is 12.5. The van der Waals surface area contributed by atoms with Gasteiger partial charge in [-0.1, -0.05) is 60.2 Å². The maximum Gasteiger partial charge on any atom is 0.157 e. The van der Waals surface area contributed by atoms with E-state index in [4.69, 9.17) is 11.6 Å². The third-order valence-corrected chi connectivity index (χ3v) is 5.40. The Morgan fingerprint density at radius 3 is 2.57 bits per heavy atom. The van der Waals surface area contributed by atoms with Gasteiger partial charge in [0, 0.05) is 0 Å². The minimum atomic E-state index is 0.0814. The maximum absolute atomic E-state index is 5.99. The van der Waals surface area contributed by atoms with Gasteiger partial charge in [-0.05, 0) is 24.2 Å². The van der Waals surface area contributed by atoms with Crippen molar-refractivity contribution in [3.8, 4) is 9.88 Å². The molecule has 6 heteroatoms. The molecule has 0 saturated carbocycles. The van der Waals surface area contributed by atoms with Crippen LogP contribution in [-0.4, -0.2) is 16.7 Å². The molecule has 2 aromatic heterocycles. The molecule has 3 aromatic rings. The molecule has 0 aliphatic carbocycles. The van der Waals surface area contributed by atoms with E-state index in [1.807, 2.05) is 30.3 Å². The van der Waals surface area contributed by atoms with Gasteiger partial charge < -0.3 is 5.32 Å². The Bertz CT molecular complexity index is 709. The summed E-state index contributed by atoms with van der Waals surface area (Å²) in [5, 5.41) is 14.0. The number of benzene rings is 1. The highest BCUT2D eigenvalue weighted by molar-refractivity contribution is 7.23. The number of nitrogens with zero attached hydrogens (tertiary/aromatic N) is 2. The van der Waals surface area contributed by atoms with Crippen LogP contribution in [0.3, 0.4) is 0 Å². The van der Waals surface area contributed by atoms with Crippen LogP contribution >= 0.6 is 34.3 Å². The minimum Gasteiger partial charge on any atom is -0.304 e. The molecule has 2 heterocycles. The fraction of sp³-hybridized carbons (Fsp3) is 0.200. The predicted octanol–water partition coefficient (Wildman–Crippen LogP) is 4.62. The molecule has 108 valence electrons. The molecule has 0 amide bonds. The molecule has 1 unspecified atom stereocenters. The van der Waals surface area contributed by atoms with Gasteiger partial charge in [-0.25, -0.2) is 0 Å². The average molecular weight is 336 g/mol. The van der Waals surface area contributed by atoms with Crippen LogP contribution in [0.2, 0.25) is 4.34 Å². The van der Waals surface area contributed by atoms with Gasteiger partial charge in [0.15, 0.2) is 5.01 Å². The van der Waals surface area contributed by atoms with E-state index in [0.717, 1.165) is 25.8 Å². The molecule has 0 radical (unpaired) electrons. The van der Waals surface area contributed by atoms with E-state index < -0.39 is 0 Å². The molecule has 0 aliphatic rings. The number of rotatable bonds is 5. The quantitative estimate of drug-likeness (QED) is 0.739. The van der Waals surface area contributed by atoms with Crippen molar-refractivity contribution in [3.05, 3.63) is 57.4 Å². The van der Waals surface area contributed by atoms with Crippen LogP contribution < -0.4 is 5.32 Å². The first kappa shape index (κ1) is 14.7. The largest absolute Gasteiger partial charge is 0.304 e. The topological polar surface area (TPSA) is 37.8 Å². The van der Waals surface area contributed by atoms with Crippen molar-refractivity contribution in [3.63, 3.8) is 0 Å². The molecule has 0 bridgehead atoms. The fourth-order valence-corrected chi connectivity index (χ4v) is 4.12. The molecule has 21 heavy (non-hydrogen) atoms. The first-order valence-corrected chi connectivity index (χ1v) is 8.66. The molecular weight excluding hydrogens is 322 g/mol. The highest BCUT2D eigenvalue weighted by Crippen LogP contribution is 2.35. The van der Waals surface area contributed by atoms with Gasteiger partial charge in [-0.3, -0.25) is 0 Å². The second-order valence-corrected chi connectivity index (χ2v) is 7.17. The van der Waals surface area contributed by atoms with Crippen molar-refractivity contribution >= 4 is 34.3 Å². The summed E-state index contributed by atoms with van der Waals surface area (Å²) in [6.45, 7) is 2.97. The molecule has 0 saturated heterocycles. The zero-order chi connectivity index (χ0) is 14.7. The van der Waals surface area contributed by atoms with E-state index in [9.17, 15) is 0 Å². The van der Waals surface area contributed by atoms with Crippen molar-refractivity contribution in [2.24, 2.45) is 0 Å². The highest BCUT2D eigenvalue weighted by atomic mass is 35.5. The first-order chi connectivity index (χ1) is 10.3. The second-order valence-electron chi connectivity index (χ2n) is 4.45. The SMILES string of the molecule is CCNC(c1ccccc1)c1nnc(-c2ccc(Cl)s2)s1. The molecule has 1 aromatic carbocycles. The van der Waals surface area contributed by atoms with E-state index in [0.29, 0.717) is 0 Å². The molecule has 1 N–H and O–H groups in total. The smallest absolute Gasteiger partial charge is 0.157 e. The van der Waals surface area contributed by atoms with Crippen molar-refractivity contribution in [1.29, 1.82) is 0 Å². The number of hydrogen-bond acceptors (Lipinski definition) is 5. The van der Waals surface area contributed by atoms with Gasteiger partial charge in [0.05, 0.1) is 15.3 Å². The summed E-state index contributed by atoms with van der Waals surface area (Å²) in [5.41, 5.74) is 1.20. The highest BCUT2D eigenvalue weighted by Gasteiger charge is 2.18. The van der Waals surface area contributed by atoms with Crippen molar-refractivity contribution in [1.82, 2.24) is 15.5 Å². The molecule has 0 aliphatic heterocycles. The first-order valence-electron chi connectivity index (χ1n) is 6.65. The number of thiophene rings is 1. The lowest BCUT2D eigenvalue weighted by Gasteiger charge is -2.14. The van der Waals surface area contributed by atoms with Crippen LogP contribution in [0.15, 0.2) is 42.5 Å². The zero-order valence-electron chi connectivity index (χ0n) is 11.4. The van der Waals surface area contributed by atoms with Gasteiger partial charge in [0.2, 0.25) is 0 Å². The molecule has 0 spiro atoms. The van der Waals surface area contributed by atoms with Gasteiger partial charge in [-0.15, -0.1) is 21.5 Å². The third kappa shape index (κ3) is 3.32. The van der Waals surface area contributed by atoms with Crippen molar-refractivity contribution in [2.45, 2.75) is 13.0 Å². The number of aromatic nitrogens is 2. The Labute approximate surface area is 136 Å². The second kappa shape index (κ2) is 6.66. The Hall–Kier alpha value is -1.27. The van der Waals surface area contributed by atoms with Crippen LogP contribution in [0.1, 0.15) is 23.5 Å². The summed E-state index contributed by atoms with van der Waals surface area (Å²) < 4.78 is 0.771. The van der Waals surface area contributed by atoms with E-state index in [1.165, 1.54) is 16.9 Å². The minimum absolute atomic E-state index is 0.0814. The Kier molecular flexibility index (Phi) is 4.65. The van der Waals surface area contributed by atoms with E-state index in [1.54, 1.807) is 11.3 Å². The summed E-state index contributed by atoms with van der Waals surface area (Å²) in [6.07, 6.45) is 0. The van der Waals surface area contributed by atoms with Gasteiger partial charge in [0.25, 0.3) is 0 Å². The summed E-state index contributed by atoms with van der Waals surface area (Å²) in [6, 6.07) is 14.3. The van der Waals surface area contributed by atoms with E-state index in [2.05, 4.69) is 34.6 Å². The van der Waals surface area contributed by atoms with Crippen LogP contribution in [0.25, 0.3) is 9.88 Å². The van der Waals surface area contributed by atoms with Crippen LogP contribution in [-0.2, 0) is 0 Å². The summed E-state index contributed by atoms with van der Waals surface area (Å²) in [4.78, 5) is 1.06. The third-order valence-electron chi connectivity index (χ3n) is 3.01. The van der Waals surface area contributed by atoms with E-state index >= 15 is 0 Å². The fourth-order valence-electron chi connectivity index (χ4n) is 2.08. The Balaban J connectivity index is 1.92. The summed E-state index contributed by atoms with van der Waals surface area (Å²) in [5.74, 6) is 0. The lowest BCUT2D eigenvalue weighted by Crippen LogP contribution is -2.21. The van der Waals surface area contributed by atoms with Gasteiger partial charge in [0.1, 0.15) is 5.01 Å². The van der Waals surface area contributed by atoms with Gasteiger partial charge in [-0.2, -0.15) is 0 Å². The van der Waals surface area contributed by atoms with E-state index in [-0.39, 0.29) is 6.04 Å². The lowest BCUT2D eigenvalue weighted by atomic mass is 10.1. The molecular formula is C15H14ClN3S2. The number of nitrogens with one attached hydrogen (secondary N) is 1. The average Bonchev–Trinajstić information content (AvgIpc) is 3.14. The zero-order valence-corrected chi connectivity index (χ0v) is 13.8. The maximum atomic E-state index is 5.99. The Morgan fingerprint density at radius 2 is 1.90 bits per heavy atom. The van der Waals surface area contributed by atoms with Crippen molar-refractivity contribution < 1.29 is 0 Å². The van der Waals surface area contributed by atoms with Crippen LogP contribution in [0.4, 0.5) is 0 Å².